The molecule has 0 fully saturated rings. The molecule has 0 aliphatic rings. The molecule has 0 unspecified atom stereocenters. The maximum absolute atomic E-state index is 14.7. The van der Waals surface area contributed by atoms with Crippen molar-refractivity contribution in [1.29, 1.82) is 0 Å². The second-order valence-corrected chi connectivity index (χ2v) is 29.7. The summed E-state index contributed by atoms with van der Waals surface area (Å²) < 4.78 is 0. The number of hydrogen-bond acceptors (Lipinski definition) is 18. The summed E-state index contributed by atoms with van der Waals surface area (Å²) in [6.45, 7) is 22.3. The van der Waals surface area contributed by atoms with Crippen LogP contribution in [0, 0.1) is 29.6 Å². The molecule has 25 N–H and O–H groups in total. The van der Waals surface area contributed by atoms with Crippen LogP contribution in [0.5, 0.6) is 0 Å². The van der Waals surface area contributed by atoms with Crippen LogP contribution in [0.3, 0.4) is 0 Å². The lowest BCUT2D eigenvalue weighted by Gasteiger charge is -2.29. The average Bonchev–Trinajstić information content (AvgIpc) is 0.862. The molecule has 596 valence electrons. The zero-order chi connectivity index (χ0) is 78.0. The van der Waals surface area contributed by atoms with E-state index in [9.17, 15) is 57.5 Å². The minimum atomic E-state index is -1.27. The van der Waals surface area contributed by atoms with Crippen molar-refractivity contribution >= 4 is 70.9 Å². The number of carbonyl (C=O) groups is 12. The molecule has 0 saturated heterocycles. The monoisotopic (exact) mass is 1460 g/mol. The molecule has 0 aliphatic heterocycles. The van der Waals surface area contributed by atoms with Gasteiger partial charge >= 0.3 is 0 Å². The zero-order valence-corrected chi connectivity index (χ0v) is 64.7. The molecule has 103 heavy (non-hydrogen) atoms. The van der Waals surface area contributed by atoms with Gasteiger partial charge in [-0.05, 0) is 217 Å². The third-order valence-electron chi connectivity index (χ3n) is 17.6. The van der Waals surface area contributed by atoms with E-state index in [0.717, 1.165) is 25.7 Å². The Kier molecular flexibility index (Phi) is 53.1. The lowest BCUT2D eigenvalue weighted by Crippen LogP contribution is -2.61. The van der Waals surface area contributed by atoms with E-state index in [1.165, 1.54) is 0 Å². The van der Waals surface area contributed by atoms with E-state index in [1.807, 2.05) is 55.4 Å². The molecule has 0 aliphatic carbocycles. The number of amides is 12. The van der Waals surface area contributed by atoms with Crippen LogP contribution in [0.25, 0.3) is 0 Å². The van der Waals surface area contributed by atoms with E-state index in [1.54, 1.807) is 13.8 Å². The van der Waals surface area contributed by atoms with Crippen molar-refractivity contribution in [2.24, 2.45) is 69.7 Å². The number of hydrogen-bond donors (Lipinski definition) is 18. The van der Waals surface area contributed by atoms with E-state index in [2.05, 4.69) is 65.4 Å². The van der Waals surface area contributed by atoms with Gasteiger partial charge in [0, 0.05) is 6.42 Å². The number of primary amides is 1. The van der Waals surface area contributed by atoms with Gasteiger partial charge in [0.25, 0.3) is 0 Å². The second-order valence-electron chi connectivity index (χ2n) is 29.7. The van der Waals surface area contributed by atoms with Crippen LogP contribution in [0.15, 0.2) is 0 Å². The maximum Gasteiger partial charge on any atom is 0.243 e. The second kappa shape index (κ2) is 56.7. The first kappa shape index (κ1) is 96.4. The fourth-order valence-electron chi connectivity index (χ4n) is 11.8. The molecular weight excluding hydrogens is 1320 g/mol. The van der Waals surface area contributed by atoms with E-state index in [0.29, 0.717) is 110 Å². The summed E-state index contributed by atoms with van der Waals surface area (Å²) in [5.74, 6) is -8.74. The largest absolute Gasteiger partial charge is 0.368 e. The van der Waals surface area contributed by atoms with Crippen molar-refractivity contribution in [3.63, 3.8) is 0 Å². The first-order valence-electron chi connectivity index (χ1n) is 38.7. The summed E-state index contributed by atoms with van der Waals surface area (Å²) in [5.41, 5.74) is 40.8. The predicted octanol–water partition coefficient (Wildman–Crippen LogP) is 1.78. The SMILES string of the molecule is CCCCCCCC(=O)N[C@H](C(=O)N[C@@H](CCCCN)C(=O)N[C@@H](CCCCN)C(=O)N[C@@H](CC(C)C)C(=O)N[C@@H](CC(C)C)C(=O)N[C@@H](CCCCN)C(=O)N[C@@H](CCCCN)C(=O)N[C@@H](CC(C)C)C(=O)N[C@@H](CCCCN)C(=O)N[C@@H](CCCCN)C(=O)N[C@@H](CC(C)C)C(N)=O)C(C)C. The van der Waals surface area contributed by atoms with E-state index in [-0.39, 0.29) is 119 Å². The number of carbonyl (C=O) groups excluding carboxylic acids is 12. The molecular formula is C73H142N18O12. The number of nitrogens with two attached hydrogens (primary N) is 7. The van der Waals surface area contributed by atoms with Crippen molar-refractivity contribution in [3.05, 3.63) is 0 Å². The highest BCUT2D eigenvalue weighted by atomic mass is 16.2. The van der Waals surface area contributed by atoms with Gasteiger partial charge in [-0.15, -0.1) is 0 Å². The van der Waals surface area contributed by atoms with E-state index < -0.39 is 131 Å². The Balaban J connectivity index is 7.17. The smallest absolute Gasteiger partial charge is 0.243 e. The van der Waals surface area contributed by atoms with Crippen LogP contribution in [-0.2, 0) is 57.5 Å². The molecule has 30 nitrogen and oxygen atoms in total. The lowest BCUT2D eigenvalue weighted by atomic mass is 9.98. The summed E-state index contributed by atoms with van der Waals surface area (Å²) in [7, 11) is 0. The molecule has 30 heteroatoms. The lowest BCUT2D eigenvalue weighted by molar-refractivity contribution is -0.136. The molecule has 0 saturated carbocycles. The van der Waals surface area contributed by atoms with Gasteiger partial charge in [-0.25, -0.2) is 0 Å². The molecule has 0 heterocycles. The molecule has 0 aromatic heterocycles. The fraction of sp³-hybridized carbons (Fsp3) is 0.836. The number of rotatable bonds is 61. The van der Waals surface area contributed by atoms with Crippen LogP contribution >= 0.6 is 0 Å². The van der Waals surface area contributed by atoms with Gasteiger partial charge in [-0.3, -0.25) is 57.5 Å². The zero-order valence-electron chi connectivity index (χ0n) is 64.7. The molecule has 0 radical (unpaired) electrons. The molecule has 12 amide bonds. The topological polar surface area (TPSA) is 519 Å². The Morgan fingerprint density at radius 2 is 0.466 bits per heavy atom. The highest BCUT2D eigenvalue weighted by Crippen LogP contribution is 2.17. The minimum Gasteiger partial charge on any atom is -0.368 e. The Morgan fingerprint density at radius 1 is 0.252 bits per heavy atom. The van der Waals surface area contributed by atoms with Crippen LogP contribution in [0.2, 0.25) is 0 Å². The van der Waals surface area contributed by atoms with Crippen molar-refractivity contribution in [2.75, 3.05) is 39.3 Å². The van der Waals surface area contributed by atoms with Gasteiger partial charge in [0.05, 0.1) is 0 Å². The van der Waals surface area contributed by atoms with Crippen molar-refractivity contribution in [3.8, 4) is 0 Å². The summed E-state index contributed by atoms with van der Waals surface area (Å²) in [5, 5.41) is 31.0. The van der Waals surface area contributed by atoms with Crippen molar-refractivity contribution in [1.82, 2.24) is 58.5 Å². The predicted molar refractivity (Wildman–Crippen MR) is 404 cm³/mol. The van der Waals surface area contributed by atoms with Gasteiger partial charge in [-0.2, -0.15) is 0 Å². The summed E-state index contributed by atoms with van der Waals surface area (Å²) in [6.07, 6.45) is 11.7. The van der Waals surface area contributed by atoms with E-state index in [4.69, 9.17) is 40.1 Å². The minimum absolute atomic E-state index is 0.00420. The van der Waals surface area contributed by atoms with Crippen molar-refractivity contribution in [2.45, 2.75) is 322 Å². The Bertz CT molecular complexity index is 2490. The third-order valence-corrected chi connectivity index (χ3v) is 17.6. The quantitative estimate of drug-likeness (QED) is 0.0386. The van der Waals surface area contributed by atoms with Gasteiger partial charge < -0.3 is 98.6 Å². The van der Waals surface area contributed by atoms with Crippen LogP contribution in [0.1, 0.15) is 256 Å². The van der Waals surface area contributed by atoms with E-state index >= 15 is 0 Å². The first-order valence-corrected chi connectivity index (χ1v) is 38.7. The summed E-state index contributed by atoms with van der Waals surface area (Å²) in [4.78, 5) is 170. The number of nitrogens with one attached hydrogen (secondary N) is 11. The molecule has 0 aromatic carbocycles. The first-order chi connectivity index (χ1) is 48.8. The fourth-order valence-corrected chi connectivity index (χ4v) is 11.8. The van der Waals surface area contributed by atoms with Gasteiger partial charge in [-0.1, -0.05) is 102 Å². The highest BCUT2D eigenvalue weighted by Gasteiger charge is 2.37. The Hall–Kier alpha value is -6.60. The highest BCUT2D eigenvalue weighted by molar-refractivity contribution is 5.99. The van der Waals surface area contributed by atoms with Crippen molar-refractivity contribution < 1.29 is 57.5 Å². The standard InChI is InChI=1S/C73H142N18O12/c1-12-13-14-15-16-35-61(92)91-62(50(10)11)73(103)86-56(34-22-28-41-79)66(96)83-55(33-21-27-40-78)69(99)89-60(45-49(8)9)72(102)90-59(44-48(6)7)71(101)85-52(30-18-24-37-75)65(95)82-54(32-20-26-39-77)68(98)88-58(43-47(4)5)70(100)84-51(29-17-23-36-74)64(94)81-53(31-19-25-38-76)67(97)87-57(63(80)93)42-46(2)3/h46-60,62H,12-45,74-79H2,1-11H3,(H2,80,93)(H,81,94)(H,82,95)(H,83,96)(H,84,100)(H,85,101)(H,86,103)(H,87,97)(H,88,98)(H,89,99)(H,90,102)(H,91,92)/t51-,52-,53-,54-,55-,56-,57-,58-,59-,60-,62-/m0/s1. The maximum atomic E-state index is 14.7. The van der Waals surface area contributed by atoms with Crippen LogP contribution < -0.4 is 98.6 Å². The molecule has 0 spiro atoms. The third kappa shape index (κ3) is 43.4. The van der Waals surface area contributed by atoms with Gasteiger partial charge in [0.15, 0.2) is 0 Å². The Labute approximate surface area is 615 Å². The Morgan fingerprint density at radius 3 is 0.689 bits per heavy atom. The van der Waals surface area contributed by atoms with Crippen LogP contribution in [0.4, 0.5) is 0 Å². The molecule has 11 atom stereocenters. The van der Waals surface area contributed by atoms with Gasteiger partial charge in [0.2, 0.25) is 70.9 Å². The summed E-state index contributed by atoms with van der Waals surface area (Å²) >= 11 is 0. The normalized spacial score (nSPS) is 14.7. The number of unbranched alkanes of at least 4 members (excludes halogenated alkanes) is 10. The molecule has 0 rings (SSSR count). The average molecular weight is 1460 g/mol. The molecule has 0 bridgehead atoms. The molecule has 0 aromatic rings. The van der Waals surface area contributed by atoms with Crippen LogP contribution in [-0.4, -0.2) is 177 Å². The summed E-state index contributed by atoms with van der Waals surface area (Å²) in [6, 6.07) is -12.9. The van der Waals surface area contributed by atoms with Gasteiger partial charge in [0.1, 0.15) is 66.5 Å².